The molecule has 0 saturated carbocycles. The van der Waals surface area contributed by atoms with Crippen LogP contribution in [-0.4, -0.2) is 0 Å². The Morgan fingerprint density at radius 3 is 0.788 bits per heavy atom. The van der Waals surface area contributed by atoms with Gasteiger partial charge in [-0.2, -0.15) is 0 Å². The van der Waals surface area contributed by atoms with Crippen molar-refractivity contribution in [1.29, 1.82) is 0 Å². The van der Waals surface area contributed by atoms with Crippen LogP contribution >= 0.6 is 22.7 Å². The molecule has 0 unspecified atom stereocenters. The number of thiophene rings is 2. The third kappa shape index (κ3) is 13.1. The maximum absolute atomic E-state index is 2.44. The molecule has 118 heavy (non-hydrogen) atoms. The fourth-order valence-corrected chi connectivity index (χ4v) is 20.6. The smallest absolute Gasteiger partial charge is 0.0476 e. The maximum atomic E-state index is 2.44. The molecule has 2 aromatic heterocycles. The first-order chi connectivity index (χ1) is 57.9. The SMILES string of the molecule is CC1(C)c2cc(-c3ccccc3)ccc2-c2ccc(N(c3ccc(-c4cc(-c5ccccc5)cc(-c5ccccc5)c4)cc3)c3ccc4c(c3)sc3ccccc34)cc21.CC1(C)c2cc(-c3ccccc3)ccc2-c2ccc(N(c3ccc(-c4cc(-c5ccccc5)cc(-c5ccccc5)c4)cc3)c3ccc4sc5ccccc5c4c3)cc21. The van der Waals surface area contributed by atoms with Crippen LogP contribution in [0.3, 0.4) is 0 Å². The Kier molecular flexibility index (Phi) is 18.1. The second-order valence-electron chi connectivity index (χ2n) is 32.3. The molecule has 2 heterocycles. The van der Waals surface area contributed by atoms with E-state index in [1.807, 2.05) is 22.7 Å². The molecular weight excluding hydrogens is 1460 g/mol. The van der Waals surface area contributed by atoms with E-state index < -0.39 is 0 Å². The van der Waals surface area contributed by atoms with Gasteiger partial charge in [0.1, 0.15) is 0 Å². The fourth-order valence-electron chi connectivity index (χ4n) is 18.3. The number of anilines is 6. The predicted molar refractivity (Wildman–Crippen MR) is 507 cm³/mol. The van der Waals surface area contributed by atoms with Crippen LogP contribution in [0.1, 0.15) is 49.9 Å². The van der Waals surface area contributed by atoms with Crippen LogP contribution in [-0.2, 0) is 10.8 Å². The van der Waals surface area contributed by atoms with Crippen LogP contribution in [0, 0.1) is 0 Å². The van der Waals surface area contributed by atoms with Gasteiger partial charge in [-0.3, -0.25) is 0 Å². The van der Waals surface area contributed by atoms with E-state index in [2.05, 4.69) is 462 Å². The summed E-state index contributed by atoms with van der Waals surface area (Å²) in [5.41, 5.74) is 36.7. The number of nitrogens with zero attached hydrogens (tertiary/aromatic N) is 2. The molecule has 0 fully saturated rings. The molecule has 0 radical (unpaired) electrons. The quantitative estimate of drug-likeness (QED) is 0.107. The maximum Gasteiger partial charge on any atom is 0.0476 e. The largest absolute Gasteiger partial charge is 0.310 e. The average Bonchev–Trinajstić information content (AvgIpc) is 1.57. The third-order valence-electron chi connectivity index (χ3n) is 24.5. The van der Waals surface area contributed by atoms with Gasteiger partial charge in [-0.25, -0.2) is 0 Å². The van der Waals surface area contributed by atoms with Crippen LogP contribution in [0.5, 0.6) is 0 Å². The molecule has 0 aliphatic heterocycles. The van der Waals surface area contributed by atoms with Crippen molar-refractivity contribution in [2.75, 3.05) is 9.80 Å². The van der Waals surface area contributed by atoms with Gasteiger partial charge in [-0.15, -0.1) is 22.7 Å². The van der Waals surface area contributed by atoms with Gasteiger partial charge in [0.15, 0.2) is 0 Å². The Labute approximate surface area is 698 Å². The highest BCUT2D eigenvalue weighted by Gasteiger charge is 2.38. The zero-order valence-electron chi connectivity index (χ0n) is 66.1. The number of fused-ring (bicyclic) bond motifs is 12. The molecule has 0 amide bonds. The van der Waals surface area contributed by atoms with Gasteiger partial charge in [-0.05, 0) is 273 Å². The molecule has 20 aromatic rings. The average molecular weight is 1540 g/mol. The Bertz CT molecular complexity index is 7070. The molecule has 4 heteroatoms. The lowest BCUT2D eigenvalue weighted by molar-refractivity contribution is 0.660. The summed E-state index contributed by atoms with van der Waals surface area (Å²) in [6, 6.07) is 156. The number of rotatable bonds is 14. The van der Waals surface area contributed by atoms with Crippen LogP contribution in [0.4, 0.5) is 34.1 Å². The summed E-state index contributed by atoms with van der Waals surface area (Å²) >= 11 is 3.73. The summed E-state index contributed by atoms with van der Waals surface area (Å²) in [6.07, 6.45) is 0. The predicted octanol–water partition coefficient (Wildman–Crippen LogP) is 33.0. The Hall–Kier alpha value is -14.0. The van der Waals surface area contributed by atoms with E-state index in [-0.39, 0.29) is 10.8 Å². The molecule has 0 bridgehead atoms. The minimum atomic E-state index is -0.172. The van der Waals surface area contributed by atoms with E-state index in [1.165, 1.54) is 174 Å². The zero-order valence-corrected chi connectivity index (χ0v) is 67.8. The topological polar surface area (TPSA) is 6.48 Å². The molecule has 2 aliphatic rings. The standard InChI is InChI=1S/2C57H41NS/c1-57(2)53-35-42(38-14-6-3-7-15-38)24-29-49(53)50-30-27-48(37-54(50)57)58(47-28-31-56-52(36-47)51-20-12-13-21-55(51)59-56)46-25-22-41(23-26-46)45-33-43(39-16-8-4-9-17-39)32-44(34-45)40-18-10-5-11-19-40;1-57(2)53-35-42(38-14-6-3-7-15-38)24-29-49(53)50-30-27-47(36-54(50)57)58(48-28-31-52-51-20-12-13-21-55(51)59-56(52)37-48)46-25-22-41(23-26-46)45-33-43(39-16-8-4-9-17-39)32-44(34-45)40-18-10-5-11-19-40/h2*3-37H,1-2H3. The Balaban J connectivity index is 0.000000147. The molecule has 2 nitrogen and oxygen atoms in total. The second kappa shape index (κ2) is 29.7. The van der Waals surface area contributed by atoms with Crippen molar-refractivity contribution in [3.63, 3.8) is 0 Å². The molecule has 560 valence electrons. The zero-order chi connectivity index (χ0) is 79.0. The van der Waals surface area contributed by atoms with E-state index in [0.29, 0.717) is 0 Å². The van der Waals surface area contributed by atoms with Crippen molar-refractivity contribution in [2.45, 2.75) is 38.5 Å². The summed E-state index contributed by atoms with van der Waals surface area (Å²) < 4.78 is 5.22. The molecule has 22 rings (SSSR count). The summed E-state index contributed by atoms with van der Waals surface area (Å²) in [6.45, 7) is 9.52. The van der Waals surface area contributed by atoms with E-state index in [1.54, 1.807) is 0 Å². The minimum absolute atomic E-state index is 0.170. The summed E-state index contributed by atoms with van der Waals surface area (Å²) in [5, 5.41) is 5.21. The van der Waals surface area contributed by atoms with Crippen molar-refractivity contribution in [2.24, 2.45) is 0 Å². The van der Waals surface area contributed by atoms with Crippen molar-refractivity contribution < 1.29 is 0 Å². The molecule has 0 atom stereocenters. The van der Waals surface area contributed by atoms with Gasteiger partial charge >= 0.3 is 0 Å². The lowest BCUT2D eigenvalue weighted by Crippen LogP contribution is -2.16. The molecule has 0 N–H and O–H groups in total. The fraction of sp³-hybridized carbons (Fsp3) is 0.0526. The van der Waals surface area contributed by atoms with Crippen LogP contribution < -0.4 is 9.80 Å². The normalized spacial score (nSPS) is 12.7. The first-order valence-corrected chi connectivity index (χ1v) is 42.4. The van der Waals surface area contributed by atoms with Gasteiger partial charge in [0.2, 0.25) is 0 Å². The molecule has 2 aliphatic carbocycles. The Morgan fingerprint density at radius 2 is 0.407 bits per heavy atom. The molecular formula is C114H82N2S2. The monoisotopic (exact) mass is 1540 g/mol. The second-order valence-corrected chi connectivity index (χ2v) is 34.5. The molecule has 0 saturated heterocycles. The number of benzene rings is 18. The lowest BCUT2D eigenvalue weighted by atomic mass is 9.81. The summed E-state index contributed by atoms with van der Waals surface area (Å²) in [7, 11) is 0. The van der Waals surface area contributed by atoms with Crippen LogP contribution in [0.2, 0.25) is 0 Å². The highest BCUT2D eigenvalue weighted by Crippen LogP contribution is 2.55. The van der Waals surface area contributed by atoms with E-state index in [4.69, 9.17) is 0 Å². The van der Waals surface area contributed by atoms with Gasteiger partial charge in [0.25, 0.3) is 0 Å². The minimum Gasteiger partial charge on any atom is -0.310 e. The van der Waals surface area contributed by atoms with E-state index in [0.717, 1.165) is 34.1 Å². The van der Waals surface area contributed by atoms with Crippen molar-refractivity contribution >= 4 is 97.1 Å². The first-order valence-electron chi connectivity index (χ1n) is 40.8. The molecule has 18 aromatic carbocycles. The van der Waals surface area contributed by atoms with E-state index >= 15 is 0 Å². The number of hydrogen-bond acceptors (Lipinski definition) is 4. The van der Waals surface area contributed by atoms with Gasteiger partial charge in [0, 0.05) is 85.3 Å². The van der Waals surface area contributed by atoms with Crippen molar-refractivity contribution in [3.8, 4) is 111 Å². The Morgan fingerprint density at radius 1 is 0.161 bits per heavy atom. The summed E-state index contributed by atoms with van der Waals surface area (Å²) in [5.74, 6) is 0. The number of hydrogen-bond donors (Lipinski definition) is 0. The lowest BCUT2D eigenvalue weighted by Gasteiger charge is -2.28. The van der Waals surface area contributed by atoms with Crippen molar-refractivity contribution in [1.82, 2.24) is 0 Å². The molecule has 0 spiro atoms. The van der Waals surface area contributed by atoms with Crippen molar-refractivity contribution in [3.05, 3.63) is 447 Å². The van der Waals surface area contributed by atoms with Gasteiger partial charge < -0.3 is 9.80 Å². The van der Waals surface area contributed by atoms with Crippen LogP contribution in [0.15, 0.2) is 425 Å². The summed E-state index contributed by atoms with van der Waals surface area (Å²) in [4.78, 5) is 4.89. The van der Waals surface area contributed by atoms with E-state index in [9.17, 15) is 0 Å². The van der Waals surface area contributed by atoms with Crippen LogP contribution in [0.25, 0.3) is 152 Å². The highest BCUT2D eigenvalue weighted by atomic mass is 32.1. The first kappa shape index (κ1) is 71.8. The van der Waals surface area contributed by atoms with Gasteiger partial charge in [0.05, 0.1) is 0 Å². The van der Waals surface area contributed by atoms with Gasteiger partial charge in [-0.1, -0.05) is 313 Å². The highest BCUT2D eigenvalue weighted by molar-refractivity contribution is 7.26. The third-order valence-corrected chi connectivity index (χ3v) is 26.8.